The van der Waals surface area contributed by atoms with Crippen LogP contribution in [0.5, 0.6) is 0 Å². The number of benzene rings is 2. The predicted octanol–water partition coefficient (Wildman–Crippen LogP) is 2.93. The molecule has 0 aliphatic carbocycles. The molecule has 0 heterocycles. The molecule has 0 aromatic heterocycles. The van der Waals surface area contributed by atoms with Crippen LogP contribution in [-0.4, -0.2) is 14.7 Å². The summed E-state index contributed by atoms with van der Waals surface area (Å²) in [6.07, 6.45) is 5.46. The van der Waals surface area contributed by atoms with E-state index in [0.29, 0.717) is 0 Å². The van der Waals surface area contributed by atoms with E-state index in [1.165, 1.54) is 4.35 Å². The molecule has 0 amide bonds. The predicted molar refractivity (Wildman–Crippen MR) is 76.3 cm³/mol. The van der Waals surface area contributed by atoms with E-state index in [1.807, 2.05) is 30.3 Å². The Morgan fingerprint density at radius 1 is 0.941 bits per heavy atom. The van der Waals surface area contributed by atoms with Crippen LogP contribution in [0.2, 0.25) is 5.71 Å². The van der Waals surface area contributed by atoms with Crippen LogP contribution in [0.1, 0.15) is 0 Å². The molecule has 17 heavy (non-hydrogen) atoms. The summed E-state index contributed by atoms with van der Waals surface area (Å²) >= 11 is -1.21. The van der Waals surface area contributed by atoms with Crippen LogP contribution in [0.3, 0.4) is 0 Å². The van der Waals surface area contributed by atoms with E-state index >= 15 is 0 Å². The van der Waals surface area contributed by atoms with Crippen molar-refractivity contribution in [2.75, 3.05) is 5.32 Å². The van der Waals surface area contributed by atoms with Crippen molar-refractivity contribution in [1.82, 2.24) is 0 Å². The van der Waals surface area contributed by atoms with Gasteiger partial charge in [-0.15, -0.1) is 0 Å². The molecular formula is C15H14AsN. The molecule has 1 nitrogen and oxygen atoms in total. The summed E-state index contributed by atoms with van der Waals surface area (Å²) in [4.78, 5) is 0. The van der Waals surface area contributed by atoms with Gasteiger partial charge in [0.15, 0.2) is 0 Å². The Labute approximate surface area is 107 Å². The first-order chi connectivity index (χ1) is 8.29. The van der Waals surface area contributed by atoms with E-state index in [0.717, 1.165) is 11.4 Å². The Morgan fingerprint density at radius 3 is 2.12 bits per heavy atom. The van der Waals surface area contributed by atoms with Crippen LogP contribution in [0.25, 0.3) is 0 Å². The number of para-hydroxylation sites is 1. The van der Waals surface area contributed by atoms with E-state index in [9.17, 15) is 0 Å². The van der Waals surface area contributed by atoms with Gasteiger partial charge in [-0.1, -0.05) is 0 Å². The summed E-state index contributed by atoms with van der Waals surface area (Å²) in [5, 5.41) is 3.35. The molecule has 84 valence electrons. The van der Waals surface area contributed by atoms with Gasteiger partial charge in [0, 0.05) is 0 Å². The Bertz CT molecular complexity index is 511. The fraction of sp³-hybridized carbons (Fsp3) is 0.0667. The first kappa shape index (κ1) is 11.8. The minimum absolute atomic E-state index is 1.10. The van der Waals surface area contributed by atoms with Gasteiger partial charge in [0.1, 0.15) is 0 Å². The van der Waals surface area contributed by atoms with Crippen LogP contribution in [0, 0.1) is 11.1 Å². The molecule has 0 radical (unpaired) electrons. The van der Waals surface area contributed by atoms with E-state index in [2.05, 4.69) is 40.0 Å². The second-order valence-corrected chi connectivity index (χ2v) is 7.70. The van der Waals surface area contributed by atoms with Gasteiger partial charge in [0.2, 0.25) is 0 Å². The molecule has 1 atom stereocenters. The first-order valence-electron chi connectivity index (χ1n) is 5.42. The normalized spacial score (nSPS) is 11.5. The molecule has 1 N–H and O–H groups in total. The number of hydrogen-bond donors (Lipinski definition) is 1. The van der Waals surface area contributed by atoms with Crippen molar-refractivity contribution in [3.05, 3.63) is 54.6 Å². The summed E-state index contributed by atoms with van der Waals surface area (Å²) in [5.74, 6) is 0. The fourth-order valence-electron chi connectivity index (χ4n) is 1.53. The number of nitrogens with one attached hydrogen (secondary N) is 1. The average Bonchev–Trinajstić information content (AvgIpc) is 2.40. The summed E-state index contributed by atoms with van der Waals surface area (Å²) < 4.78 is 4.19. The second kappa shape index (κ2) is 5.62. The van der Waals surface area contributed by atoms with E-state index < -0.39 is 14.7 Å². The van der Waals surface area contributed by atoms with Crippen LogP contribution in [0.4, 0.5) is 11.4 Å². The monoisotopic (exact) mass is 283 g/mol. The molecular weight excluding hydrogens is 269 g/mol. The third-order valence-electron chi connectivity index (χ3n) is 2.51. The van der Waals surface area contributed by atoms with E-state index in [1.54, 1.807) is 0 Å². The van der Waals surface area contributed by atoms with Crippen molar-refractivity contribution >= 4 is 30.4 Å². The van der Waals surface area contributed by atoms with Gasteiger partial charge in [-0.2, -0.15) is 0 Å². The Morgan fingerprint density at radius 2 is 1.53 bits per heavy atom. The average molecular weight is 283 g/mol. The maximum atomic E-state index is 5.46. The standard InChI is InChI=1S/C15H14AsN/c1-3-16(2)13-9-11-15(12-10-13)17-14-7-5-4-6-8-14/h1,4-12,17H,2H3. The number of anilines is 2. The van der Waals surface area contributed by atoms with Gasteiger partial charge in [-0.05, 0) is 0 Å². The second-order valence-electron chi connectivity index (χ2n) is 3.73. The Hall–Kier alpha value is -1.64. The van der Waals surface area contributed by atoms with Crippen molar-refractivity contribution in [3.63, 3.8) is 0 Å². The number of rotatable bonds is 3. The molecule has 0 bridgehead atoms. The SMILES string of the molecule is C#C[As](C)c1ccc(Nc2ccccc2)cc1. The zero-order valence-electron chi connectivity index (χ0n) is 9.72. The molecule has 0 spiro atoms. The van der Waals surface area contributed by atoms with Gasteiger partial charge >= 0.3 is 107 Å². The third kappa shape index (κ3) is 3.16. The fourth-order valence-corrected chi connectivity index (χ4v) is 3.09. The maximum absolute atomic E-state index is 5.46. The molecule has 2 aromatic rings. The van der Waals surface area contributed by atoms with Crippen molar-refractivity contribution in [1.29, 1.82) is 0 Å². The summed E-state index contributed by atoms with van der Waals surface area (Å²) in [6, 6.07) is 18.6. The molecule has 1 unspecified atom stereocenters. The minimum atomic E-state index is -1.21. The van der Waals surface area contributed by atoms with Crippen LogP contribution in [0.15, 0.2) is 54.6 Å². The van der Waals surface area contributed by atoms with E-state index in [-0.39, 0.29) is 0 Å². The van der Waals surface area contributed by atoms with Crippen molar-refractivity contribution < 1.29 is 0 Å². The summed E-state index contributed by atoms with van der Waals surface area (Å²) in [7, 11) is 0. The van der Waals surface area contributed by atoms with Gasteiger partial charge < -0.3 is 0 Å². The van der Waals surface area contributed by atoms with Crippen LogP contribution < -0.4 is 9.67 Å². The Balaban J connectivity index is 2.12. The number of terminal acetylenes is 1. The van der Waals surface area contributed by atoms with Crippen LogP contribution >= 0.6 is 0 Å². The third-order valence-corrected chi connectivity index (χ3v) is 5.57. The van der Waals surface area contributed by atoms with Crippen molar-refractivity contribution in [2.45, 2.75) is 5.71 Å². The molecule has 2 heteroatoms. The summed E-state index contributed by atoms with van der Waals surface area (Å²) in [5.41, 5.74) is 4.37. The quantitative estimate of drug-likeness (QED) is 0.674. The molecule has 0 saturated heterocycles. The summed E-state index contributed by atoms with van der Waals surface area (Å²) in [6.45, 7) is 0. The zero-order valence-corrected chi connectivity index (χ0v) is 11.6. The molecule has 0 saturated carbocycles. The molecule has 0 aliphatic rings. The molecule has 0 aliphatic heterocycles. The topological polar surface area (TPSA) is 12.0 Å². The van der Waals surface area contributed by atoms with Crippen LogP contribution in [-0.2, 0) is 0 Å². The van der Waals surface area contributed by atoms with E-state index in [4.69, 9.17) is 6.42 Å². The molecule has 2 aromatic carbocycles. The Kier molecular flexibility index (Phi) is 3.91. The van der Waals surface area contributed by atoms with Gasteiger partial charge in [0.25, 0.3) is 0 Å². The van der Waals surface area contributed by atoms with Crippen molar-refractivity contribution in [2.24, 2.45) is 0 Å². The van der Waals surface area contributed by atoms with Gasteiger partial charge in [0.05, 0.1) is 0 Å². The van der Waals surface area contributed by atoms with Gasteiger partial charge in [-0.25, -0.2) is 0 Å². The zero-order chi connectivity index (χ0) is 12.1. The molecule has 2 rings (SSSR count). The molecule has 0 fully saturated rings. The first-order valence-corrected chi connectivity index (χ1v) is 9.17. The van der Waals surface area contributed by atoms with Crippen molar-refractivity contribution in [3.8, 4) is 11.1 Å². The van der Waals surface area contributed by atoms with Gasteiger partial charge in [-0.3, -0.25) is 0 Å². The number of hydrogen-bond acceptors (Lipinski definition) is 1.